The van der Waals surface area contributed by atoms with Crippen molar-refractivity contribution in [2.75, 3.05) is 32.1 Å². The highest BCUT2D eigenvalue weighted by atomic mass is 35.5. The van der Waals surface area contributed by atoms with E-state index in [-0.39, 0.29) is 12.1 Å². The molecule has 0 aliphatic carbocycles. The first-order chi connectivity index (χ1) is 11.7. The zero-order chi connectivity index (χ0) is 16.9. The number of hydrogen-bond donors (Lipinski definition) is 1. The molecule has 0 radical (unpaired) electrons. The summed E-state index contributed by atoms with van der Waals surface area (Å²) < 4.78 is 11.1. The number of amides is 2. The van der Waals surface area contributed by atoms with Gasteiger partial charge in [0.2, 0.25) is 0 Å². The maximum Gasteiger partial charge on any atom is 0.322 e. The van der Waals surface area contributed by atoms with Crippen molar-refractivity contribution in [2.45, 2.75) is 6.10 Å². The number of nitrogens with one attached hydrogen (secondary N) is 1. The second kappa shape index (κ2) is 7.55. The van der Waals surface area contributed by atoms with Crippen molar-refractivity contribution in [3.8, 4) is 5.75 Å². The zero-order valence-corrected chi connectivity index (χ0v) is 14.1. The molecule has 2 aromatic rings. The van der Waals surface area contributed by atoms with Crippen molar-refractivity contribution < 1.29 is 14.3 Å². The minimum atomic E-state index is -0.195. The van der Waals surface area contributed by atoms with Crippen LogP contribution in [0.25, 0.3) is 0 Å². The highest BCUT2D eigenvalue weighted by Gasteiger charge is 2.25. The van der Waals surface area contributed by atoms with E-state index in [1.807, 2.05) is 30.3 Å². The Kier molecular flexibility index (Phi) is 5.23. The van der Waals surface area contributed by atoms with E-state index < -0.39 is 0 Å². The van der Waals surface area contributed by atoms with Crippen LogP contribution in [0.2, 0.25) is 5.02 Å². The largest absolute Gasteiger partial charge is 0.495 e. The van der Waals surface area contributed by atoms with Gasteiger partial charge in [0, 0.05) is 11.6 Å². The summed E-state index contributed by atoms with van der Waals surface area (Å²) in [6, 6.07) is 14.8. The van der Waals surface area contributed by atoms with Crippen molar-refractivity contribution in [2.24, 2.45) is 0 Å². The fourth-order valence-corrected chi connectivity index (χ4v) is 2.85. The normalized spacial score (nSPS) is 17.4. The Balaban J connectivity index is 1.70. The number of nitrogens with zero attached hydrogens (tertiary/aromatic N) is 1. The van der Waals surface area contributed by atoms with Gasteiger partial charge in [0.25, 0.3) is 0 Å². The molecule has 0 aromatic heterocycles. The topological polar surface area (TPSA) is 50.8 Å². The Bertz CT molecular complexity index is 709. The van der Waals surface area contributed by atoms with E-state index in [1.165, 1.54) is 0 Å². The van der Waals surface area contributed by atoms with Gasteiger partial charge >= 0.3 is 6.03 Å². The Morgan fingerprint density at radius 1 is 1.29 bits per heavy atom. The second-order valence-electron chi connectivity index (χ2n) is 5.49. The number of carbonyl (C=O) groups excluding carboxylic acids is 1. The number of methoxy groups -OCH3 is 1. The van der Waals surface area contributed by atoms with Crippen molar-refractivity contribution in [1.29, 1.82) is 0 Å². The lowest BCUT2D eigenvalue weighted by Gasteiger charge is -2.33. The van der Waals surface area contributed by atoms with Gasteiger partial charge < -0.3 is 19.7 Å². The molecule has 1 N–H and O–H groups in total. The van der Waals surface area contributed by atoms with Crippen molar-refractivity contribution >= 4 is 23.3 Å². The molecule has 126 valence electrons. The lowest BCUT2D eigenvalue weighted by atomic mass is 10.1. The SMILES string of the molecule is COc1ccc(Cl)cc1NC(=O)N1CCOC(c2ccccc2)C1. The maximum atomic E-state index is 12.6. The third-order valence-electron chi connectivity index (χ3n) is 3.93. The molecule has 2 aromatic carbocycles. The predicted octanol–water partition coefficient (Wildman–Crippen LogP) is 3.95. The minimum absolute atomic E-state index is 0.119. The predicted molar refractivity (Wildman–Crippen MR) is 93.7 cm³/mol. The van der Waals surface area contributed by atoms with Crippen LogP contribution in [0.5, 0.6) is 5.75 Å². The number of anilines is 1. The number of benzene rings is 2. The van der Waals surface area contributed by atoms with Gasteiger partial charge in [-0.3, -0.25) is 0 Å². The molecule has 5 nitrogen and oxygen atoms in total. The van der Waals surface area contributed by atoms with Crippen molar-refractivity contribution in [3.05, 3.63) is 59.1 Å². The van der Waals surface area contributed by atoms with Crippen LogP contribution >= 0.6 is 11.6 Å². The van der Waals surface area contributed by atoms with E-state index >= 15 is 0 Å². The molecule has 3 rings (SSSR count). The summed E-state index contributed by atoms with van der Waals surface area (Å²) in [4.78, 5) is 14.3. The molecular weight excluding hydrogens is 328 g/mol. The molecule has 1 aliphatic rings. The number of rotatable bonds is 3. The van der Waals surface area contributed by atoms with Crippen LogP contribution in [0.3, 0.4) is 0 Å². The Hall–Kier alpha value is -2.24. The number of halogens is 1. The second-order valence-corrected chi connectivity index (χ2v) is 5.93. The first-order valence-corrected chi connectivity index (χ1v) is 8.11. The quantitative estimate of drug-likeness (QED) is 0.915. The van der Waals surface area contributed by atoms with Gasteiger partial charge in [-0.15, -0.1) is 0 Å². The lowest BCUT2D eigenvalue weighted by molar-refractivity contribution is -0.0135. The summed E-state index contributed by atoms with van der Waals surface area (Å²) in [7, 11) is 1.55. The Morgan fingerprint density at radius 3 is 2.83 bits per heavy atom. The van der Waals surface area contributed by atoms with Crippen LogP contribution in [0.4, 0.5) is 10.5 Å². The summed E-state index contributed by atoms with van der Waals surface area (Å²) in [6.45, 7) is 1.54. The maximum absolute atomic E-state index is 12.6. The molecule has 2 amide bonds. The number of ether oxygens (including phenoxy) is 2. The van der Waals surface area contributed by atoms with Gasteiger partial charge in [0.1, 0.15) is 11.9 Å². The third kappa shape index (κ3) is 3.80. The first kappa shape index (κ1) is 16.6. The summed E-state index contributed by atoms with van der Waals surface area (Å²) >= 11 is 6.01. The zero-order valence-electron chi connectivity index (χ0n) is 13.4. The van der Waals surface area contributed by atoms with Gasteiger partial charge in [-0.05, 0) is 23.8 Å². The summed E-state index contributed by atoms with van der Waals surface area (Å²) in [5.41, 5.74) is 1.62. The summed E-state index contributed by atoms with van der Waals surface area (Å²) in [5.74, 6) is 0.570. The number of morpholine rings is 1. The fraction of sp³-hybridized carbons (Fsp3) is 0.278. The molecule has 0 spiro atoms. The van der Waals surface area contributed by atoms with E-state index in [2.05, 4.69) is 5.32 Å². The highest BCUT2D eigenvalue weighted by Crippen LogP contribution is 2.28. The van der Waals surface area contributed by atoms with Gasteiger partial charge in [-0.1, -0.05) is 41.9 Å². The van der Waals surface area contributed by atoms with E-state index in [1.54, 1.807) is 30.2 Å². The monoisotopic (exact) mass is 346 g/mol. The number of urea groups is 1. The third-order valence-corrected chi connectivity index (χ3v) is 4.16. The molecule has 1 atom stereocenters. The van der Waals surface area contributed by atoms with Crippen LogP contribution in [-0.4, -0.2) is 37.7 Å². The van der Waals surface area contributed by atoms with Crippen LogP contribution in [0, 0.1) is 0 Å². The molecule has 1 fully saturated rings. The molecule has 0 saturated carbocycles. The summed E-state index contributed by atoms with van der Waals surface area (Å²) in [5, 5.41) is 3.40. The van der Waals surface area contributed by atoms with E-state index in [0.717, 1.165) is 5.56 Å². The van der Waals surface area contributed by atoms with Crippen molar-refractivity contribution in [1.82, 2.24) is 4.90 Å². The molecule has 0 bridgehead atoms. The smallest absolute Gasteiger partial charge is 0.322 e. The highest BCUT2D eigenvalue weighted by molar-refractivity contribution is 6.31. The van der Waals surface area contributed by atoms with Crippen LogP contribution < -0.4 is 10.1 Å². The van der Waals surface area contributed by atoms with Crippen molar-refractivity contribution in [3.63, 3.8) is 0 Å². The van der Waals surface area contributed by atoms with E-state index in [0.29, 0.717) is 36.2 Å². The fourth-order valence-electron chi connectivity index (χ4n) is 2.68. The Morgan fingerprint density at radius 2 is 2.08 bits per heavy atom. The average Bonchev–Trinajstić information content (AvgIpc) is 2.63. The van der Waals surface area contributed by atoms with E-state index in [4.69, 9.17) is 21.1 Å². The average molecular weight is 347 g/mol. The van der Waals surface area contributed by atoms with E-state index in [9.17, 15) is 4.79 Å². The molecular formula is C18H19ClN2O3. The number of hydrogen-bond acceptors (Lipinski definition) is 3. The Labute approximate surface area is 146 Å². The first-order valence-electron chi connectivity index (χ1n) is 7.73. The molecule has 6 heteroatoms. The number of carbonyl (C=O) groups is 1. The standard InChI is InChI=1S/C18H19ClN2O3/c1-23-16-8-7-14(19)11-15(16)20-18(22)21-9-10-24-17(12-21)13-5-3-2-4-6-13/h2-8,11,17H,9-10,12H2,1H3,(H,20,22). The molecule has 24 heavy (non-hydrogen) atoms. The van der Waals surface area contributed by atoms with Gasteiger partial charge in [0.05, 0.1) is 25.9 Å². The van der Waals surface area contributed by atoms with Gasteiger partial charge in [-0.2, -0.15) is 0 Å². The molecule has 1 aliphatic heterocycles. The molecule has 1 unspecified atom stereocenters. The molecule has 1 heterocycles. The minimum Gasteiger partial charge on any atom is -0.495 e. The van der Waals surface area contributed by atoms with Crippen LogP contribution in [0.15, 0.2) is 48.5 Å². The van der Waals surface area contributed by atoms with Crippen LogP contribution in [0.1, 0.15) is 11.7 Å². The lowest BCUT2D eigenvalue weighted by Crippen LogP contribution is -2.44. The van der Waals surface area contributed by atoms with Gasteiger partial charge in [0.15, 0.2) is 0 Å². The van der Waals surface area contributed by atoms with Gasteiger partial charge in [-0.25, -0.2) is 4.79 Å². The summed E-state index contributed by atoms with van der Waals surface area (Å²) in [6.07, 6.45) is -0.119. The van der Waals surface area contributed by atoms with Crippen LogP contribution in [-0.2, 0) is 4.74 Å². The molecule has 1 saturated heterocycles.